The van der Waals surface area contributed by atoms with Gasteiger partial charge in [0.05, 0.1) is 0 Å². The fourth-order valence-corrected chi connectivity index (χ4v) is 2.54. The summed E-state index contributed by atoms with van der Waals surface area (Å²) < 4.78 is 0. The normalized spacial score (nSPS) is 19.2. The van der Waals surface area contributed by atoms with Gasteiger partial charge in [0, 0.05) is 12.2 Å². The van der Waals surface area contributed by atoms with Crippen LogP contribution in [-0.2, 0) is 20.9 Å². The highest BCUT2D eigenvalue weighted by Crippen LogP contribution is 2.27. The molecule has 0 bridgehead atoms. The number of para-hydroxylation sites is 1. The molecular weight excluding hydrogens is 270 g/mol. The third-order valence-corrected chi connectivity index (χ3v) is 3.87. The molecule has 21 heavy (non-hydrogen) atoms. The summed E-state index contributed by atoms with van der Waals surface area (Å²) in [6.07, 6.45) is 0.705. The van der Waals surface area contributed by atoms with Crippen LogP contribution in [0.1, 0.15) is 25.8 Å². The highest BCUT2D eigenvalue weighted by Gasteiger charge is 2.38. The summed E-state index contributed by atoms with van der Waals surface area (Å²) in [6.45, 7) is 4.00. The van der Waals surface area contributed by atoms with Crippen LogP contribution in [0.5, 0.6) is 0 Å². The van der Waals surface area contributed by atoms with Crippen molar-refractivity contribution >= 4 is 23.4 Å². The molecule has 1 aliphatic rings. The number of fused-ring (bicyclic) bond motifs is 1. The number of carbonyl (C=O) groups excluding carboxylic acids is 3. The summed E-state index contributed by atoms with van der Waals surface area (Å²) in [5.74, 6) is -2.24. The second kappa shape index (κ2) is 5.95. The molecule has 0 unspecified atom stereocenters. The van der Waals surface area contributed by atoms with Gasteiger partial charge in [-0.1, -0.05) is 38.5 Å². The van der Waals surface area contributed by atoms with Gasteiger partial charge >= 0.3 is 11.8 Å². The van der Waals surface area contributed by atoms with Crippen molar-refractivity contribution < 1.29 is 14.4 Å². The molecule has 0 saturated carbocycles. The summed E-state index contributed by atoms with van der Waals surface area (Å²) in [4.78, 5) is 37.1. The van der Waals surface area contributed by atoms with Crippen molar-refractivity contribution in [2.24, 2.45) is 11.7 Å². The molecule has 6 heteroatoms. The number of hydrogen-bond donors (Lipinski definition) is 2. The minimum absolute atomic E-state index is 0.0809. The number of nitrogens with one attached hydrogen (secondary N) is 1. The van der Waals surface area contributed by atoms with E-state index >= 15 is 0 Å². The molecule has 0 aromatic heterocycles. The second-order valence-corrected chi connectivity index (χ2v) is 5.27. The third-order valence-electron chi connectivity index (χ3n) is 3.87. The number of primary amides is 1. The van der Waals surface area contributed by atoms with Gasteiger partial charge in [0.15, 0.2) is 0 Å². The van der Waals surface area contributed by atoms with Crippen LogP contribution in [0, 0.1) is 5.92 Å². The van der Waals surface area contributed by atoms with Gasteiger partial charge in [0.1, 0.15) is 6.04 Å². The molecule has 3 N–H and O–H groups in total. The predicted molar refractivity (Wildman–Crippen MR) is 78.1 cm³/mol. The van der Waals surface area contributed by atoms with Crippen molar-refractivity contribution in [3.63, 3.8) is 0 Å². The van der Waals surface area contributed by atoms with E-state index in [1.807, 2.05) is 32.0 Å². The van der Waals surface area contributed by atoms with Crippen molar-refractivity contribution in [3.8, 4) is 0 Å². The first kappa shape index (κ1) is 15.0. The summed E-state index contributed by atoms with van der Waals surface area (Å²) in [5, 5.41) is 2.83. The maximum absolute atomic E-state index is 12.5. The van der Waals surface area contributed by atoms with Crippen molar-refractivity contribution in [2.45, 2.75) is 32.9 Å². The zero-order valence-corrected chi connectivity index (χ0v) is 12.1. The quantitative estimate of drug-likeness (QED) is 0.791. The van der Waals surface area contributed by atoms with E-state index in [2.05, 4.69) is 5.32 Å². The number of nitrogens with zero attached hydrogens (tertiary/aromatic N) is 1. The Morgan fingerprint density at radius 2 is 2.10 bits per heavy atom. The molecule has 2 rings (SSSR count). The number of benzene rings is 1. The molecule has 2 atom stereocenters. The third kappa shape index (κ3) is 2.89. The smallest absolute Gasteiger partial charge is 0.312 e. The molecule has 1 aliphatic heterocycles. The molecule has 1 aromatic rings. The van der Waals surface area contributed by atoms with Crippen molar-refractivity contribution in [3.05, 3.63) is 29.8 Å². The Morgan fingerprint density at radius 3 is 2.71 bits per heavy atom. The van der Waals surface area contributed by atoms with Gasteiger partial charge in [-0.2, -0.15) is 0 Å². The summed E-state index contributed by atoms with van der Waals surface area (Å²) in [5.41, 5.74) is 6.57. The Labute approximate surface area is 123 Å². The highest BCUT2D eigenvalue weighted by molar-refractivity contribution is 6.34. The first-order chi connectivity index (χ1) is 9.95. The van der Waals surface area contributed by atoms with E-state index in [4.69, 9.17) is 5.73 Å². The van der Waals surface area contributed by atoms with Crippen LogP contribution in [0.3, 0.4) is 0 Å². The Hall–Kier alpha value is -2.37. The predicted octanol–water partition coefficient (Wildman–Crippen LogP) is 0.867. The van der Waals surface area contributed by atoms with Gasteiger partial charge in [-0.15, -0.1) is 0 Å². The SMILES string of the molecule is CC[C@H](C)[C@H]1C(=O)Nc2ccccc2CN1C(=O)C(N)=O. The standard InChI is InChI=1S/C15H19N3O3/c1-3-9(2)12-14(20)17-11-7-5-4-6-10(11)8-18(12)15(21)13(16)19/h4-7,9,12H,3,8H2,1-2H3,(H2,16,19)(H,17,20)/t9-,12-/m0/s1. The largest absolute Gasteiger partial charge is 0.361 e. The first-order valence-corrected chi connectivity index (χ1v) is 6.94. The van der Waals surface area contributed by atoms with E-state index in [1.165, 1.54) is 4.90 Å². The van der Waals surface area contributed by atoms with Crippen LogP contribution in [0.15, 0.2) is 24.3 Å². The van der Waals surface area contributed by atoms with Gasteiger partial charge < -0.3 is 16.0 Å². The molecule has 0 aliphatic carbocycles. The van der Waals surface area contributed by atoms with Gasteiger partial charge in [-0.05, 0) is 17.5 Å². The lowest BCUT2D eigenvalue weighted by Gasteiger charge is -2.31. The monoisotopic (exact) mass is 289 g/mol. The van der Waals surface area contributed by atoms with E-state index in [9.17, 15) is 14.4 Å². The van der Waals surface area contributed by atoms with Gasteiger partial charge in [0.25, 0.3) is 0 Å². The Kier molecular flexibility index (Phi) is 4.26. The van der Waals surface area contributed by atoms with Gasteiger partial charge in [-0.3, -0.25) is 14.4 Å². The molecule has 6 nitrogen and oxygen atoms in total. The lowest BCUT2D eigenvalue weighted by atomic mass is 9.96. The van der Waals surface area contributed by atoms with Crippen molar-refractivity contribution in [2.75, 3.05) is 5.32 Å². The summed E-state index contributed by atoms with van der Waals surface area (Å²) >= 11 is 0. The molecule has 0 fully saturated rings. The number of rotatable bonds is 2. The number of amides is 3. The molecule has 0 radical (unpaired) electrons. The first-order valence-electron chi connectivity index (χ1n) is 6.94. The second-order valence-electron chi connectivity index (χ2n) is 5.27. The van der Waals surface area contributed by atoms with Crippen LogP contribution in [0.25, 0.3) is 0 Å². The number of carbonyl (C=O) groups is 3. The van der Waals surface area contributed by atoms with E-state index < -0.39 is 17.9 Å². The molecule has 0 spiro atoms. The van der Waals surface area contributed by atoms with Gasteiger partial charge in [-0.25, -0.2) is 0 Å². The van der Waals surface area contributed by atoms with E-state index in [0.29, 0.717) is 12.1 Å². The zero-order valence-electron chi connectivity index (χ0n) is 12.1. The lowest BCUT2D eigenvalue weighted by Crippen LogP contribution is -2.52. The van der Waals surface area contributed by atoms with Gasteiger partial charge in [0.2, 0.25) is 5.91 Å². The average Bonchev–Trinajstić information content (AvgIpc) is 2.61. The van der Waals surface area contributed by atoms with Crippen LogP contribution >= 0.6 is 0 Å². The van der Waals surface area contributed by atoms with Crippen LogP contribution in [-0.4, -0.2) is 28.7 Å². The molecular formula is C15H19N3O3. The molecule has 3 amide bonds. The molecule has 112 valence electrons. The average molecular weight is 289 g/mol. The van der Waals surface area contributed by atoms with Crippen molar-refractivity contribution in [1.82, 2.24) is 4.90 Å². The van der Waals surface area contributed by atoms with Crippen LogP contribution in [0.2, 0.25) is 0 Å². The summed E-state index contributed by atoms with van der Waals surface area (Å²) in [6, 6.07) is 6.52. The van der Waals surface area contributed by atoms with Crippen LogP contribution in [0.4, 0.5) is 5.69 Å². The number of anilines is 1. The van der Waals surface area contributed by atoms with E-state index in [0.717, 1.165) is 5.56 Å². The fourth-order valence-electron chi connectivity index (χ4n) is 2.54. The molecule has 1 heterocycles. The number of hydrogen-bond acceptors (Lipinski definition) is 3. The maximum atomic E-state index is 12.5. The zero-order chi connectivity index (χ0) is 15.6. The lowest BCUT2D eigenvalue weighted by molar-refractivity contribution is -0.149. The Morgan fingerprint density at radius 1 is 1.43 bits per heavy atom. The Bertz CT molecular complexity index is 585. The summed E-state index contributed by atoms with van der Waals surface area (Å²) in [7, 11) is 0. The molecule has 0 saturated heterocycles. The van der Waals surface area contributed by atoms with E-state index in [1.54, 1.807) is 6.07 Å². The minimum Gasteiger partial charge on any atom is -0.361 e. The maximum Gasteiger partial charge on any atom is 0.312 e. The molecule has 1 aromatic carbocycles. The number of nitrogens with two attached hydrogens (primary N) is 1. The Balaban J connectivity index is 2.47. The highest BCUT2D eigenvalue weighted by atomic mass is 16.2. The van der Waals surface area contributed by atoms with Crippen molar-refractivity contribution in [1.29, 1.82) is 0 Å². The fraction of sp³-hybridized carbons (Fsp3) is 0.400. The van der Waals surface area contributed by atoms with Crippen LogP contribution < -0.4 is 11.1 Å². The topological polar surface area (TPSA) is 92.5 Å². The minimum atomic E-state index is -1.05. The van der Waals surface area contributed by atoms with E-state index in [-0.39, 0.29) is 18.4 Å².